The SMILES string of the molecule is CCn1c2ccc(NC(N)=Nc3ccc(S(C)(=O)=O)cc3)cc2c2c(CCn3c4ccccc4c4cc(CNc5ccc(S(C)(=O)=O)cc5)ccc43)cccc21. The number of aryl methyl sites for hydroxylation is 3. The quantitative estimate of drug-likeness (QED) is 0.0882. The van der Waals surface area contributed by atoms with Crippen molar-refractivity contribution in [3.05, 3.63) is 139 Å². The van der Waals surface area contributed by atoms with Gasteiger partial charge >= 0.3 is 0 Å². The van der Waals surface area contributed by atoms with E-state index >= 15 is 0 Å². The molecule has 0 saturated heterocycles. The summed E-state index contributed by atoms with van der Waals surface area (Å²) >= 11 is 0. The molecular formula is C44H42N6O4S2. The average Bonchev–Trinajstić information content (AvgIpc) is 3.67. The number of nitrogens with one attached hydrogen (secondary N) is 2. The first-order valence-electron chi connectivity index (χ1n) is 18.4. The lowest BCUT2D eigenvalue weighted by molar-refractivity contribution is 0.600. The molecule has 0 radical (unpaired) electrons. The van der Waals surface area contributed by atoms with E-state index in [2.05, 4.69) is 104 Å². The Balaban J connectivity index is 1.08. The van der Waals surface area contributed by atoms with Crippen molar-refractivity contribution in [1.82, 2.24) is 9.13 Å². The van der Waals surface area contributed by atoms with Gasteiger partial charge in [0.1, 0.15) is 0 Å². The molecule has 6 aromatic carbocycles. The molecule has 2 aromatic heterocycles. The molecule has 0 saturated carbocycles. The van der Waals surface area contributed by atoms with Crippen molar-refractivity contribution in [2.24, 2.45) is 10.7 Å². The number of benzene rings is 6. The summed E-state index contributed by atoms with van der Waals surface area (Å²) in [5.74, 6) is 0.199. The van der Waals surface area contributed by atoms with Crippen LogP contribution < -0.4 is 16.4 Å². The fourth-order valence-electron chi connectivity index (χ4n) is 7.64. The first kappa shape index (κ1) is 36.8. The third-order valence-electron chi connectivity index (χ3n) is 10.3. The number of fused-ring (bicyclic) bond motifs is 6. The molecule has 12 heteroatoms. The number of hydrogen-bond acceptors (Lipinski definition) is 6. The molecule has 8 rings (SSSR count). The number of sulfone groups is 2. The molecule has 0 aliphatic rings. The van der Waals surface area contributed by atoms with Crippen molar-refractivity contribution in [2.75, 3.05) is 23.1 Å². The minimum atomic E-state index is -3.31. The van der Waals surface area contributed by atoms with E-state index in [1.54, 1.807) is 36.4 Å². The van der Waals surface area contributed by atoms with Gasteiger partial charge in [-0.2, -0.15) is 0 Å². The van der Waals surface area contributed by atoms with Crippen molar-refractivity contribution >= 4 is 86.3 Å². The summed E-state index contributed by atoms with van der Waals surface area (Å²) in [7, 11) is -6.55. The lowest BCUT2D eigenvalue weighted by Gasteiger charge is -2.11. The van der Waals surface area contributed by atoms with Crippen molar-refractivity contribution in [1.29, 1.82) is 0 Å². The van der Waals surface area contributed by atoms with Crippen LogP contribution in [0.5, 0.6) is 0 Å². The molecule has 0 spiro atoms. The Hall–Kier alpha value is -6.11. The lowest BCUT2D eigenvalue weighted by Crippen LogP contribution is -2.21. The molecule has 284 valence electrons. The first-order chi connectivity index (χ1) is 26.9. The van der Waals surface area contributed by atoms with Gasteiger partial charge in [-0.25, -0.2) is 21.8 Å². The van der Waals surface area contributed by atoms with E-state index in [4.69, 9.17) is 5.73 Å². The number of hydrogen-bond donors (Lipinski definition) is 3. The van der Waals surface area contributed by atoms with Crippen molar-refractivity contribution in [3.8, 4) is 0 Å². The van der Waals surface area contributed by atoms with Crippen LogP contribution in [-0.2, 0) is 45.7 Å². The summed E-state index contributed by atoms with van der Waals surface area (Å²) in [6, 6.07) is 41.1. The van der Waals surface area contributed by atoms with Gasteiger partial charge in [0.05, 0.1) is 15.5 Å². The molecule has 4 N–H and O–H groups in total. The average molecular weight is 783 g/mol. The van der Waals surface area contributed by atoms with Crippen LogP contribution in [0, 0.1) is 0 Å². The van der Waals surface area contributed by atoms with Crippen LogP contribution >= 0.6 is 0 Å². The van der Waals surface area contributed by atoms with Crippen LogP contribution in [0.2, 0.25) is 0 Å². The van der Waals surface area contributed by atoms with E-state index in [0.29, 0.717) is 17.1 Å². The summed E-state index contributed by atoms with van der Waals surface area (Å²) in [5.41, 5.74) is 15.6. The maximum Gasteiger partial charge on any atom is 0.198 e. The normalized spacial score (nSPS) is 12.6. The third kappa shape index (κ3) is 7.20. The molecule has 0 atom stereocenters. The van der Waals surface area contributed by atoms with Gasteiger partial charge in [0.25, 0.3) is 0 Å². The maximum atomic E-state index is 11.9. The van der Waals surface area contributed by atoms with Crippen LogP contribution in [0.25, 0.3) is 43.6 Å². The second kappa shape index (κ2) is 14.5. The van der Waals surface area contributed by atoms with Gasteiger partial charge in [0, 0.05) is 87.1 Å². The van der Waals surface area contributed by atoms with E-state index in [-0.39, 0.29) is 10.9 Å². The predicted octanol–water partition coefficient (Wildman–Crippen LogP) is 8.64. The molecule has 0 amide bonds. The molecule has 0 aliphatic carbocycles. The van der Waals surface area contributed by atoms with Crippen molar-refractivity contribution in [2.45, 2.75) is 42.8 Å². The zero-order chi connectivity index (χ0) is 39.2. The van der Waals surface area contributed by atoms with Gasteiger partial charge in [0.2, 0.25) is 0 Å². The van der Waals surface area contributed by atoms with Crippen LogP contribution in [-0.4, -0.2) is 44.4 Å². The highest BCUT2D eigenvalue weighted by Gasteiger charge is 2.17. The zero-order valence-electron chi connectivity index (χ0n) is 31.3. The highest BCUT2D eigenvalue weighted by Crippen LogP contribution is 2.35. The molecular weight excluding hydrogens is 741 g/mol. The monoisotopic (exact) mass is 782 g/mol. The lowest BCUT2D eigenvalue weighted by atomic mass is 10.0. The number of rotatable bonds is 11. The van der Waals surface area contributed by atoms with Gasteiger partial charge in [-0.1, -0.05) is 36.4 Å². The van der Waals surface area contributed by atoms with E-state index < -0.39 is 19.7 Å². The number of nitrogens with two attached hydrogens (primary N) is 1. The molecule has 2 heterocycles. The van der Waals surface area contributed by atoms with Crippen molar-refractivity contribution < 1.29 is 16.8 Å². The summed E-state index contributed by atoms with van der Waals surface area (Å²) in [6.45, 7) is 4.36. The zero-order valence-corrected chi connectivity index (χ0v) is 33.0. The fourth-order valence-corrected chi connectivity index (χ4v) is 8.90. The standard InChI is InChI=1S/C44H42N6O4S2/c1-4-49-41-23-17-33(48-44(45)47-32-15-20-35(21-16-32)56(3,53)54)27-38(41)43-30(8-7-11-42(43)49)24-25-50-39-10-6-5-9-36(39)37-26-29(12-22-40(37)50)28-46-31-13-18-34(19-14-31)55(2,51)52/h5-23,26-27,46H,4,24-25,28H2,1-3H3,(H3,45,47,48). The highest BCUT2D eigenvalue weighted by atomic mass is 32.2. The molecule has 8 aromatic rings. The number of nitrogens with zero attached hydrogens (tertiary/aromatic N) is 3. The molecule has 0 bridgehead atoms. The molecule has 10 nitrogen and oxygen atoms in total. The Bertz CT molecular complexity index is 3040. The van der Waals surface area contributed by atoms with E-state index in [9.17, 15) is 16.8 Å². The summed E-state index contributed by atoms with van der Waals surface area (Å²) in [6.07, 6.45) is 3.20. The van der Waals surface area contributed by atoms with Gasteiger partial charge in [0.15, 0.2) is 25.6 Å². The summed E-state index contributed by atoms with van der Waals surface area (Å²) in [4.78, 5) is 5.00. The van der Waals surface area contributed by atoms with E-state index in [0.717, 1.165) is 47.4 Å². The Morgan fingerprint density at radius 3 is 1.98 bits per heavy atom. The molecule has 0 unspecified atom stereocenters. The Kier molecular flexibility index (Phi) is 9.55. The van der Waals surface area contributed by atoms with Gasteiger partial charge in [-0.05, 0) is 115 Å². The topological polar surface area (TPSA) is 141 Å². The van der Waals surface area contributed by atoms with Crippen LogP contribution in [0.3, 0.4) is 0 Å². The summed E-state index contributed by atoms with van der Waals surface area (Å²) < 4.78 is 52.2. The van der Waals surface area contributed by atoms with Gasteiger partial charge < -0.3 is 25.5 Å². The smallest absolute Gasteiger partial charge is 0.198 e. The first-order valence-corrected chi connectivity index (χ1v) is 22.1. The van der Waals surface area contributed by atoms with Gasteiger partial charge in [-0.15, -0.1) is 0 Å². The Morgan fingerprint density at radius 1 is 0.643 bits per heavy atom. The number of aliphatic imine (C=N–C) groups is 1. The van der Waals surface area contributed by atoms with Crippen LogP contribution in [0.15, 0.2) is 142 Å². The number of anilines is 2. The minimum absolute atomic E-state index is 0.199. The third-order valence-corrected chi connectivity index (χ3v) is 12.6. The second-order valence-corrected chi connectivity index (χ2v) is 18.1. The number of para-hydroxylation sites is 1. The summed E-state index contributed by atoms with van der Waals surface area (Å²) in [5, 5.41) is 11.4. The van der Waals surface area contributed by atoms with Crippen LogP contribution in [0.4, 0.5) is 17.1 Å². The number of guanidine groups is 1. The molecule has 0 fully saturated rings. The predicted molar refractivity (Wildman–Crippen MR) is 230 cm³/mol. The second-order valence-electron chi connectivity index (χ2n) is 14.1. The van der Waals surface area contributed by atoms with Gasteiger partial charge in [-0.3, -0.25) is 0 Å². The Morgan fingerprint density at radius 2 is 1.27 bits per heavy atom. The van der Waals surface area contributed by atoms with E-state index in [1.165, 1.54) is 62.9 Å². The molecule has 56 heavy (non-hydrogen) atoms. The van der Waals surface area contributed by atoms with E-state index in [1.807, 2.05) is 6.07 Å². The highest BCUT2D eigenvalue weighted by molar-refractivity contribution is 7.91. The maximum absolute atomic E-state index is 11.9. The molecule has 0 aliphatic heterocycles. The minimum Gasteiger partial charge on any atom is -0.381 e. The van der Waals surface area contributed by atoms with Crippen LogP contribution in [0.1, 0.15) is 18.1 Å². The largest absolute Gasteiger partial charge is 0.381 e. The number of aromatic nitrogens is 2. The fraction of sp³-hybridized carbons (Fsp3) is 0.159. The Labute approximate surface area is 326 Å². The van der Waals surface area contributed by atoms with Crippen molar-refractivity contribution in [3.63, 3.8) is 0 Å².